The number of H-pyrrole nitrogens is 1. The molecule has 0 spiro atoms. The van der Waals surface area contributed by atoms with Gasteiger partial charge in [0.2, 0.25) is 0 Å². The van der Waals surface area contributed by atoms with Gasteiger partial charge >= 0.3 is 5.69 Å². The summed E-state index contributed by atoms with van der Waals surface area (Å²) in [6.45, 7) is 0. The standard InChI is InChI=1S/C9H11N5O5/c10-5-2-6(12-1-11-5)14(9(18)13-2)7-3(15)4(16)8(17)19-7/h1,3-4,7-8,15-17H,(H,13,18)(H2,10,11,12)/t3-,4+,7-,8-/m1/s1. The molecule has 1 fully saturated rings. The minimum absolute atomic E-state index is 0.0643. The molecule has 1 saturated heterocycles. The van der Waals surface area contributed by atoms with Gasteiger partial charge in [-0.2, -0.15) is 0 Å². The summed E-state index contributed by atoms with van der Waals surface area (Å²) in [4.78, 5) is 21.9. The van der Waals surface area contributed by atoms with Crippen LogP contribution in [-0.2, 0) is 4.74 Å². The highest BCUT2D eigenvalue weighted by atomic mass is 16.7. The van der Waals surface area contributed by atoms with Crippen LogP contribution in [0.3, 0.4) is 0 Å². The third-order valence-electron chi connectivity index (χ3n) is 3.00. The van der Waals surface area contributed by atoms with Crippen molar-refractivity contribution in [2.45, 2.75) is 24.7 Å². The number of nitrogens with one attached hydrogen (secondary N) is 1. The monoisotopic (exact) mass is 269 g/mol. The van der Waals surface area contributed by atoms with E-state index in [0.717, 1.165) is 10.9 Å². The van der Waals surface area contributed by atoms with Crippen LogP contribution in [0.15, 0.2) is 11.1 Å². The third kappa shape index (κ3) is 1.62. The van der Waals surface area contributed by atoms with E-state index in [1.54, 1.807) is 0 Å². The van der Waals surface area contributed by atoms with E-state index in [-0.39, 0.29) is 17.0 Å². The number of hydrogen-bond donors (Lipinski definition) is 5. The molecule has 3 heterocycles. The summed E-state index contributed by atoms with van der Waals surface area (Å²) in [5, 5.41) is 28.6. The Morgan fingerprint density at radius 1 is 1.32 bits per heavy atom. The molecule has 0 radical (unpaired) electrons. The lowest BCUT2D eigenvalue weighted by molar-refractivity contribution is -0.141. The normalized spacial score (nSPS) is 31.1. The van der Waals surface area contributed by atoms with Crippen molar-refractivity contribution in [1.29, 1.82) is 0 Å². The Morgan fingerprint density at radius 3 is 2.68 bits per heavy atom. The van der Waals surface area contributed by atoms with Crippen LogP contribution in [0, 0.1) is 0 Å². The summed E-state index contributed by atoms with van der Waals surface area (Å²) in [6, 6.07) is 0. The van der Waals surface area contributed by atoms with Crippen molar-refractivity contribution in [1.82, 2.24) is 19.5 Å². The SMILES string of the molecule is Nc1ncnc2c1[nH]c(=O)n2[C@@H]1O[C@@H](O)[C@@H](O)[C@H]1O. The maximum Gasteiger partial charge on any atom is 0.330 e. The average molecular weight is 269 g/mol. The van der Waals surface area contributed by atoms with Gasteiger partial charge in [-0.25, -0.2) is 19.3 Å². The summed E-state index contributed by atoms with van der Waals surface area (Å²) < 4.78 is 5.93. The molecule has 2 aromatic heterocycles. The molecule has 0 amide bonds. The van der Waals surface area contributed by atoms with Gasteiger partial charge in [0.25, 0.3) is 0 Å². The minimum atomic E-state index is -1.59. The van der Waals surface area contributed by atoms with Crippen LogP contribution in [0.25, 0.3) is 11.2 Å². The highest BCUT2D eigenvalue weighted by Gasteiger charge is 2.44. The topological polar surface area (TPSA) is 160 Å². The maximum absolute atomic E-state index is 11.9. The first kappa shape index (κ1) is 12.0. The van der Waals surface area contributed by atoms with E-state index in [1.807, 2.05) is 0 Å². The lowest BCUT2D eigenvalue weighted by atomic mass is 10.2. The molecule has 0 unspecified atom stereocenters. The number of hydrogen-bond acceptors (Lipinski definition) is 8. The number of nitrogens with two attached hydrogens (primary N) is 1. The zero-order valence-electron chi connectivity index (χ0n) is 9.46. The van der Waals surface area contributed by atoms with E-state index in [2.05, 4.69) is 15.0 Å². The van der Waals surface area contributed by atoms with E-state index in [9.17, 15) is 20.1 Å². The smallest absolute Gasteiger partial charge is 0.330 e. The Bertz CT molecular complexity index is 681. The number of rotatable bonds is 1. The first-order valence-electron chi connectivity index (χ1n) is 5.41. The van der Waals surface area contributed by atoms with Crippen LogP contribution in [0.1, 0.15) is 6.23 Å². The number of nitrogen functional groups attached to an aromatic ring is 1. The lowest BCUT2D eigenvalue weighted by Crippen LogP contribution is -2.34. The van der Waals surface area contributed by atoms with Gasteiger partial charge in [-0.05, 0) is 0 Å². The van der Waals surface area contributed by atoms with Crippen molar-refractivity contribution in [3.63, 3.8) is 0 Å². The molecule has 19 heavy (non-hydrogen) atoms. The van der Waals surface area contributed by atoms with Crippen molar-refractivity contribution in [3.05, 3.63) is 16.8 Å². The zero-order chi connectivity index (χ0) is 13.7. The highest BCUT2D eigenvalue weighted by Crippen LogP contribution is 2.29. The molecule has 3 rings (SSSR count). The Balaban J connectivity index is 2.19. The van der Waals surface area contributed by atoms with Crippen molar-refractivity contribution in [2.24, 2.45) is 0 Å². The minimum Gasteiger partial charge on any atom is -0.385 e. The van der Waals surface area contributed by atoms with Crippen LogP contribution < -0.4 is 11.4 Å². The molecule has 0 aliphatic carbocycles. The zero-order valence-corrected chi connectivity index (χ0v) is 9.46. The van der Waals surface area contributed by atoms with Crippen molar-refractivity contribution >= 4 is 17.0 Å². The largest absolute Gasteiger partial charge is 0.385 e. The van der Waals surface area contributed by atoms with Crippen LogP contribution >= 0.6 is 0 Å². The summed E-state index contributed by atoms with van der Waals surface area (Å²) in [5.74, 6) is 0.0643. The summed E-state index contributed by atoms with van der Waals surface area (Å²) in [7, 11) is 0. The summed E-state index contributed by atoms with van der Waals surface area (Å²) in [5.41, 5.74) is 5.25. The number of aliphatic hydroxyl groups is 3. The number of fused-ring (bicyclic) bond motifs is 1. The molecule has 10 nitrogen and oxygen atoms in total. The van der Waals surface area contributed by atoms with Gasteiger partial charge in [-0.1, -0.05) is 0 Å². The fourth-order valence-corrected chi connectivity index (χ4v) is 2.05. The van der Waals surface area contributed by atoms with E-state index in [4.69, 9.17) is 10.5 Å². The van der Waals surface area contributed by atoms with E-state index >= 15 is 0 Å². The van der Waals surface area contributed by atoms with Crippen LogP contribution in [-0.4, -0.2) is 53.3 Å². The number of ether oxygens (including phenoxy) is 1. The molecule has 6 N–H and O–H groups in total. The highest BCUT2D eigenvalue weighted by molar-refractivity contribution is 5.81. The lowest BCUT2D eigenvalue weighted by Gasteiger charge is -2.15. The Morgan fingerprint density at radius 2 is 2.05 bits per heavy atom. The van der Waals surface area contributed by atoms with E-state index in [0.29, 0.717) is 0 Å². The molecule has 1 aliphatic heterocycles. The van der Waals surface area contributed by atoms with Gasteiger partial charge < -0.3 is 30.8 Å². The molecule has 1 aliphatic rings. The van der Waals surface area contributed by atoms with Gasteiger partial charge in [-0.15, -0.1) is 0 Å². The second kappa shape index (κ2) is 3.99. The molecule has 0 aromatic carbocycles. The van der Waals surface area contributed by atoms with Crippen molar-refractivity contribution < 1.29 is 20.1 Å². The average Bonchev–Trinajstić information content (AvgIpc) is 2.83. The first-order chi connectivity index (χ1) is 9.00. The molecule has 10 heteroatoms. The van der Waals surface area contributed by atoms with Gasteiger partial charge in [-0.3, -0.25) is 0 Å². The van der Waals surface area contributed by atoms with E-state index in [1.165, 1.54) is 0 Å². The molecular formula is C9H11N5O5. The number of anilines is 1. The van der Waals surface area contributed by atoms with Gasteiger partial charge in [0.1, 0.15) is 24.1 Å². The van der Waals surface area contributed by atoms with Gasteiger partial charge in [0.05, 0.1) is 0 Å². The first-order valence-corrected chi connectivity index (χ1v) is 5.41. The molecule has 0 saturated carbocycles. The second-order valence-electron chi connectivity index (χ2n) is 4.16. The molecule has 102 valence electrons. The Kier molecular flexibility index (Phi) is 2.53. The number of aliphatic hydroxyl groups excluding tert-OH is 3. The molecular weight excluding hydrogens is 258 g/mol. The van der Waals surface area contributed by atoms with Crippen molar-refractivity contribution in [2.75, 3.05) is 5.73 Å². The van der Waals surface area contributed by atoms with Crippen LogP contribution in [0.4, 0.5) is 5.82 Å². The molecule has 4 atom stereocenters. The Labute approximate surface area is 105 Å². The maximum atomic E-state index is 11.9. The summed E-state index contributed by atoms with van der Waals surface area (Å²) in [6.07, 6.45) is -4.68. The number of imidazole rings is 1. The molecule has 2 aromatic rings. The number of aromatic nitrogens is 4. The van der Waals surface area contributed by atoms with Crippen LogP contribution in [0.2, 0.25) is 0 Å². The Hall–Kier alpha value is -2.01. The van der Waals surface area contributed by atoms with Crippen molar-refractivity contribution in [3.8, 4) is 0 Å². The van der Waals surface area contributed by atoms with Gasteiger partial charge in [0.15, 0.2) is 24.0 Å². The number of aromatic amines is 1. The second-order valence-corrected chi connectivity index (χ2v) is 4.16. The van der Waals surface area contributed by atoms with Crippen LogP contribution in [0.5, 0.6) is 0 Å². The fourth-order valence-electron chi connectivity index (χ4n) is 2.05. The summed E-state index contributed by atoms with van der Waals surface area (Å²) >= 11 is 0. The predicted octanol–water partition coefficient (Wildman–Crippen LogP) is -2.73. The predicted molar refractivity (Wildman–Crippen MR) is 60.7 cm³/mol. The third-order valence-corrected chi connectivity index (χ3v) is 3.00. The quantitative estimate of drug-likeness (QED) is 0.373. The molecule has 0 bridgehead atoms. The van der Waals surface area contributed by atoms with Gasteiger partial charge in [0, 0.05) is 0 Å². The van der Waals surface area contributed by atoms with E-state index < -0.39 is 30.4 Å². The number of nitrogens with zero attached hydrogens (tertiary/aromatic N) is 3. The fraction of sp³-hybridized carbons (Fsp3) is 0.444.